The molecule has 1 aliphatic rings. The third-order valence-electron chi connectivity index (χ3n) is 6.14. The molecule has 4 rings (SSSR count). The summed E-state index contributed by atoms with van der Waals surface area (Å²) in [4.78, 5) is 6.29. The molecule has 1 saturated heterocycles. The van der Waals surface area contributed by atoms with Gasteiger partial charge in [-0.3, -0.25) is 0 Å². The van der Waals surface area contributed by atoms with Gasteiger partial charge in [-0.1, -0.05) is 23.7 Å². The zero-order chi connectivity index (χ0) is 24.5. The van der Waals surface area contributed by atoms with Crippen LogP contribution < -0.4 is 19.4 Å². The van der Waals surface area contributed by atoms with Crippen molar-refractivity contribution in [2.45, 2.75) is 6.18 Å². The maximum atomic E-state index is 13.3. The van der Waals surface area contributed by atoms with Crippen LogP contribution >= 0.6 is 11.6 Å². The molecule has 1 aliphatic heterocycles. The van der Waals surface area contributed by atoms with Crippen molar-refractivity contribution in [2.75, 3.05) is 62.1 Å². The highest BCUT2D eigenvalue weighted by Gasteiger charge is 2.34. The molecule has 0 spiro atoms. The minimum Gasteiger partial charge on any atom is -0.497 e. The molecule has 3 aromatic rings. The van der Waals surface area contributed by atoms with Gasteiger partial charge < -0.3 is 19.4 Å². The Kier molecular flexibility index (Phi) is 6.84. The van der Waals surface area contributed by atoms with Crippen molar-refractivity contribution in [3.8, 4) is 16.9 Å². The van der Waals surface area contributed by atoms with E-state index in [1.54, 1.807) is 13.2 Å². The lowest BCUT2D eigenvalue weighted by Crippen LogP contribution is -2.46. The Balaban J connectivity index is 1.57. The number of ether oxygens (including phenoxy) is 1. The van der Waals surface area contributed by atoms with E-state index in [0.717, 1.165) is 34.3 Å². The van der Waals surface area contributed by atoms with Crippen molar-refractivity contribution in [2.24, 2.45) is 0 Å². The van der Waals surface area contributed by atoms with E-state index in [1.807, 2.05) is 37.2 Å². The van der Waals surface area contributed by atoms with Gasteiger partial charge in [0.25, 0.3) is 0 Å². The third-order valence-corrected chi connectivity index (χ3v) is 6.47. The number of hydrogen-bond donors (Lipinski definition) is 0. The van der Waals surface area contributed by atoms with Gasteiger partial charge in [0.15, 0.2) is 0 Å². The second kappa shape index (κ2) is 9.66. The van der Waals surface area contributed by atoms with Crippen LogP contribution in [0.3, 0.4) is 0 Å². The van der Waals surface area contributed by atoms with Gasteiger partial charge >= 0.3 is 6.18 Å². The monoisotopic (exact) mass is 489 g/mol. The highest BCUT2D eigenvalue weighted by molar-refractivity contribution is 6.31. The summed E-state index contributed by atoms with van der Waals surface area (Å²) in [6, 6.07) is 18.5. The molecule has 0 saturated carbocycles. The summed E-state index contributed by atoms with van der Waals surface area (Å²) >= 11 is 5.79. The number of methoxy groups -OCH3 is 1. The molecular formula is C26H27ClF3N3O. The summed E-state index contributed by atoms with van der Waals surface area (Å²) in [5.41, 5.74) is 4.06. The summed E-state index contributed by atoms with van der Waals surface area (Å²) < 4.78 is 45.3. The van der Waals surface area contributed by atoms with E-state index < -0.39 is 11.7 Å². The predicted octanol–water partition coefficient (Wildman–Crippen LogP) is 6.43. The molecule has 1 fully saturated rings. The number of anilines is 3. The van der Waals surface area contributed by atoms with Crippen molar-refractivity contribution in [3.63, 3.8) is 0 Å². The molecule has 0 aromatic heterocycles. The van der Waals surface area contributed by atoms with E-state index in [-0.39, 0.29) is 5.02 Å². The summed E-state index contributed by atoms with van der Waals surface area (Å²) in [6.45, 7) is 2.56. The fraction of sp³-hybridized carbons (Fsp3) is 0.308. The van der Waals surface area contributed by atoms with Crippen molar-refractivity contribution in [3.05, 3.63) is 71.2 Å². The van der Waals surface area contributed by atoms with Gasteiger partial charge in [0.05, 0.1) is 17.7 Å². The van der Waals surface area contributed by atoms with Crippen LogP contribution in [0.25, 0.3) is 11.1 Å². The molecule has 4 nitrogen and oxygen atoms in total. The Morgan fingerprint density at radius 3 is 2.09 bits per heavy atom. The highest BCUT2D eigenvalue weighted by atomic mass is 35.5. The third kappa shape index (κ3) is 5.04. The Hall–Kier alpha value is -3.06. The summed E-state index contributed by atoms with van der Waals surface area (Å²) in [6.07, 6.45) is -4.48. The molecule has 0 atom stereocenters. The van der Waals surface area contributed by atoms with Crippen molar-refractivity contribution in [1.29, 1.82) is 0 Å². The fourth-order valence-corrected chi connectivity index (χ4v) is 4.45. The summed E-state index contributed by atoms with van der Waals surface area (Å²) in [5.74, 6) is 0.773. The van der Waals surface area contributed by atoms with E-state index in [2.05, 4.69) is 34.1 Å². The SMILES string of the molecule is COc1ccc(N2CCN(c3ccc(Cl)c(C(F)(F)F)c3)CC2)c(-c2ccc(N(C)C)cc2)c1. The first-order chi connectivity index (χ1) is 16.2. The molecule has 1 heterocycles. The normalized spacial score (nSPS) is 14.3. The Morgan fingerprint density at radius 2 is 1.50 bits per heavy atom. The molecule has 34 heavy (non-hydrogen) atoms. The van der Waals surface area contributed by atoms with Gasteiger partial charge in [0.2, 0.25) is 0 Å². The van der Waals surface area contributed by atoms with Crippen LogP contribution in [-0.2, 0) is 6.18 Å². The molecule has 0 aliphatic carbocycles. The predicted molar refractivity (Wildman–Crippen MR) is 134 cm³/mol. The molecule has 0 unspecified atom stereocenters. The van der Waals surface area contributed by atoms with Gasteiger partial charge in [0, 0.05) is 62.9 Å². The number of hydrogen-bond acceptors (Lipinski definition) is 4. The molecule has 0 bridgehead atoms. The number of rotatable bonds is 5. The molecule has 8 heteroatoms. The largest absolute Gasteiger partial charge is 0.497 e. The van der Waals surface area contributed by atoms with Gasteiger partial charge in [-0.25, -0.2) is 0 Å². The quantitative estimate of drug-likeness (QED) is 0.411. The van der Waals surface area contributed by atoms with Crippen LogP contribution in [-0.4, -0.2) is 47.4 Å². The second-order valence-electron chi connectivity index (χ2n) is 8.46. The highest BCUT2D eigenvalue weighted by Crippen LogP contribution is 2.38. The number of alkyl halides is 3. The Labute approximate surface area is 203 Å². The minimum atomic E-state index is -4.48. The first kappa shape index (κ1) is 24.1. The molecular weight excluding hydrogens is 463 g/mol. The van der Waals surface area contributed by atoms with Crippen molar-refractivity contribution >= 4 is 28.7 Å². The molecule has 180 valence electrons. The lowest BCUT2D eigenvalue weighted by atomic mass is 10.0. The smallest absolute Gasteiger partial charge is 0.417 e. The van der Waals surface area contributed by atoms with Crippen molar-refractivity contribution < 1.29 is 17.9 Å². The van der Waals surface area contributed by atoms with E-state index in [1.165, 1.54) is 6.07 Å². The maximum absolute atomic E-state index is 13.3. The molecule has 0 amide bonds. The van der Waals surface area contributed by atoms with Crippen LogP contribution in [0.2, 0.25) is 5.02 Å². The molecule has 3 aromatic carbocycles. The Morgan fingerprint density at radius 1 is 0.853 bits per heavy atom. The zero-order valence-corrected chi connectivity index (χ0v) is 20.1. The van der Waals surface area contributed by atoms with Crippen LogP contribution in [0.15, 0.2) is 60.7 Å². The second-order valence-corrected chi connectivity index (χ2v) is 8.87. The first-order valence-electron chi connectivity index (χ1n) is 11.0. The van der Waals surface area contributed by atoms with Crippen LogP contribution in [0.5, 0.6) is 5.75 Å². The van der Waals surface area contributed by atoms with Crippen LogP contribution in [0, 0.1) is 0 Å². The minimum absolute atomic E-state index is 0.280. The summed E-state index contributed by atoms with van der Waals surface area (Å²) in [7, 11) is 5.65. The average Bonchev–Trinajstić information content (AvgIpc) is 2.83. The van der Waals surface area contributed by atoms with Crippen LogP contribution in [0.4, 0.5) is 30.2 Å². The van der Waals surface area contributed by atoms with E-state index in [9.17, 15) is 13.2 Å². The average molecular weight is 490 g/mol. The van der Waals surface area contributed by atoms with Crippen molar-refractivity contribution in [1.82, 2.24) is 0 Å². The molecule has 0 radical (unpaired) electrons. The number of piperazine rings is 1. The number of halogens is 4. The fourth-order valence-electron chi connectivity index (χ4n) is 4.22. The molecule has 0 N–H and O–H groups in total. The van der Waals surface area contributed by atoms with E-state index >= 15 is 0 Å². The summed E-state index contributed by atoms with van der Waals surface area (Å²) in [5, 5.41) is -0.280. The lowest BCUT2D eigenvalue weighted by molar-refractivity contribution is -0.137. The standard InChI is InChI=1S/C26H27ClF3N3O/c1-31(2)19-6-4-18(5-7-19)22-17-21(34-3)9-11-25(22)33-14-12-32(13-15-33)20-8-10-24(27)23(16-20)26(28,29)30/h4-11,16-17H,12-15H2,1-3H3. The van der Waals surface area contributed by atoms with E-state index in [0.29, 0.717) is 31.9 Å². The Bertz CT molecular complexity index is 1140. The van der Waals surface area contributed by atoms with Crippen LogP contribution in [0.1, 0.15) is 5.56 Å². The van der Waals surface area contributed by atoms with Gasteiger partial charge in [0.1, 0.15) is 5.75 Å². The van der Waals surface area contributed by atoms with E-state index in [4.69, 9.17) is 16.3 Å². The zero-order valence-electron chi connectivity index (χ0n) is 19.4. The first-order valence-corrected chi connectivity index (χ1v) is 11.4. The number of benzene rings is 3. The topological polar surface area (TPSA) is 19.0 Å². The van der Waals surface area contributed by atoms with Gasteiger partial charge in [-0.15, -0.1) is 0 Å². The number of nitrogens with zero attached hydrogens (tertiary/aromatic N) is 3. The maximum Gasteiger partial charge on any atom is 0.417 e. The lowest BCUT2D eigenvalue weighted by Gasteiger charge is -2.38. The van der Waals surface area contributed by atoms with Gasteiger partial charge in [-0.05, 0) is 54.1 Å². The van der Waals surface area contributed by atoms with Gasteiger partial charge in [-0.2, -0.15) is 13.2 Å².